The van der Waals surface area contributed by atoms with E-state index in [2.05, 4.69) is 10.6 Å². The lowest BCUT2D eigenvalue weighted by atomic mass is 10.1. The van der Waals surface area contributed by atoms with Crippen LogP contribution in [0.3, 0.4) is 0 Å². The van der Waals surface area contributed by atoms with E-state index >= 15 is 0 Å². The van der Waals surface area contributed by atoms with Gasteiger partial charge in [0.15, 0.2) is 0 Å². The van der Waals surface area contributed by atoms with Crippen LogP contribution in [0.4, 0.5) is 24.5 Å². The number of anilines is 2. The first-order chi connectivity index (χ1) is 9.81. The van der Waals surface area contributed by atoms with E-state index in [1.165, 1.54) is 7.05 Å². The predicted molar refractivity (Wildman–Crippen MR) is 75.4 cm³/mol. The van der Waals surface area contributed by atoms with Gasteiger partial charge in [0, 0.05) is 24.0 Å². The number of carbonyl (C=O) groups is 1. The van der Waals surface area contributed by atoms with Gasteiger partial charge < -0.3 is 15.5 Å². The average molecular weight is 301 g/mol. The van der Waals surface area contributed by atoms with Gasteiger partial charge in [0.05, 0.1) is 0 Å². The van der Waals surface area contributed by atoms with E-state index in [0.717, 1.165) is 16.9 Å². The standard InChI is InChI=1S/C14H18F3N3O/c1-3-6-18-12-10-5-4-9(7-11(10)19-13(12)21)20(2)8-14(15,16)17/h4-5,7,12,18H,3,6,8H2,1-2H3,(H,19,21). The van der Waals surface area contributed by atoms with Crippen LogP contribution in [-0.4, -0.2) is 32.2 Å². The fourth-order valence-electron chi connectivity index (χ4n) is 2.34. The van der Waals surface area contributed by atoms with Crippen molar-refractivity contribution in [3.8, 4) is 0 Å². The summed E-state index contributed by atoms with van der Waals surface area (Å²) in [5.41, 5.74) is 1.76. The Morgan fingerprint density at radius 3 is 2.71 bits per heavy atom. The number of carbonyl (C=O) groups excluding carboxylic acids is 1. The number of halogens is 3. The smallest absolute Gasteiger partial charge is 0.366 e. The van der Waals surface area contributed by atoms with Gasteiger partial charge in [-0.2, -0.15) is 13.2 Å². The highest BCUT2D eigenvalue weighted by atomic mass is 19.4. The Hall–Kier alpha value is -1.76. The van der Waals surface area contributed by atoms with Gasteiger partial charge in [-0.3, -0.25) is 4.79 Å². The molecule has 2 rings (SSSR count). The van der Waals surface area contributed by atoms with Crippen molar-refractivity contribution in [3.05, 3.63) is 23.8 Å². The third-order valence-corrected chi connectivity index (χ3v) is 3.32. The molecule has 0 aromatic heterocycles. The zero-order chi connectivity index (χ0) is 15.6. The zero-order valence-corrected chi connectivity index (χ0v) is 11.9. The van der Waals surface area contributed by atoms with Gasteiger partial charge in [-0.25, -0.2) is 0 Å². The van der Waals surface area contributed by atoms with E-state index in [1.54, 1.807) is 18.2 Å². The van der Waals surface area contributed by atoms with E-state index in [0.29, 0.717) is 17.9 Å². The van der Waals surface area contributed by atoms with Crippen molar-refractivity contribution in [1.29, 1.82) is 0 Å². The monoisotopic (exact) mass is 301 g/mol. The summed E-state index contributed by atoms with van der Waals surface area (Å²) in [7, 11) is 1.37. The second-order valence-corrected chi connectivity index (χ2v) is 5.12. The Labute approximate surface area is 121 Å². The molecule has 1 aromatic carbocycles. The topological polar surface area (TPSA) is 44.4 Å². The van der Waals surface area contributed by atoms with Crippen LogP contribution in [0.25, 0.3) is 0 Å². The van der Waals surface area contributed by atoms with Gasteiger partial charge >= 0.3 is 6.18 Å². The van der Waals surface area contributed by atoms with Crippen LogP contribution in [0.15, 0.2) is 18.2 Å². The number of rotatable bonds is 5. The maximum absolute atomic E-state index is 12.4. The maximum Gasteiger partial charge on any atom is 0.405 e. The number of hydrogen-bond donors (Lipinski definition) is 2. The highest BCUT2D eigenvalue weighted by Gasteiger charge is 2.32. The molecule has 7 heteroatoms. The SMILES string of the molecule is CCCNC1C(=O)Nc2cc(N(C)CC(F)(F)F)ccc21. The molecule has 1 unspecified atom stereocenters. The lowest BCUT2D eigenvalue weighted by molar-refractivity contribution is -0.119. The molecule has 1 aromatic rings. The second-order valence-electron chi connectivity index (χ2n) is 5.12. The van der Waals surface area contributed by atoms with Crippen LogP contribution in [-0.2, 0) is 4.79 Å². The molecule has 0 bridgehead atoms. The third-order valence-electron chi connectivity index (χ3n) is 3.32. The highest BCUT2D eigenvalue weighted by molar-refractivity contribution is 6.03. The van der Waals surface area contributed by atoms with Crippen LogP contribution in [0.1, 0.15) is 24.9 Å². The summed E-state index contributed by atoms with van der Waals surface area (Å²) in [6, 6.07) is 4.45. The zero-order valence-electron chi connectivity index (χ0n) is 11.9. The fraction of sp³-hybridized carbons (Fsp3) is 0.500. The molecular weight excluding hydrogens is 283 g/mol. The quantitative estimate of drug-likeness (QED) is 0.879. The van der Waals surface area contributed by atoms with Crippen LogP contribution in [0, 0.1) is 0 Å². The molecule has 4 nitrogen and oxygen atoms in total. The van der Waals surface area contributed by atoms with E-state index < -0.39 is 18.8 Å². The fourth-order valence-corrected chi connectivity index (χ4v) is 2.34. The minimum atomic E-state index is -4.26. The van der Waals surface area contributed by atoms with Gasteiger partial charge in [0.25, 0.3) is 0 Å². The van der Waals surface area contributed by atoms with Crippen molar-refractivity contribution in [1.82, 2.24) is 5.32 Å². The molecule has 0 saturated carbocycles. The number of nitrogens with zero attached hydrogens (tertiary/aromatic N) is 1. The van der Waals surface area contributed by atoms with Gasteiger partial charge in [-0.05, 0) is 25.1 Å². The number of alkyl halides is 3. The molecule has 0 fully saturated rings. The normalized spacial score (nSPS) is 17.6. The molecule has 2 N–H and O–H groups in total. The summed E-state index contributed by atoms with van der Waals surface area (Å²) >= 11 is 0. The molecule has 1 amide bonds. The first kappa shape index (κ1) is 15.6. The Kier molecular flexibility index (Phi) is 4.41. The van der Waals surface area contributed by atoms with Gasteiger partial charge in [0.2, 0.25) is 5.91 Å². The summed E-state index contributed by atoms with van der Waals surface area (Å²) < 4.78 is 37.2. The Morgan fingerprint density at radius 2 is 2.10 bits per heavy atom. The van der Waals surface area contributed by atoms with Crippen molar-refractivity contribution in [2.75, 3.05) is 30.4 Å². The third kappa shape index (κ3) is 3.66. The molecule has 1 aliphatic heterocycles. The Balaban J connectivity index is 2.18. The first-order valence-electron chi connectivity index (χ1n) is 6.78. The minimum absolute atomic E-state index is 0.172. The van der Waals surface area contributed by atoms with Crippen molar-refractivity contribution >= 4 is 17.3 Å². The van der Waals surface area contributed by atoms with Crippen molar-refractivity contribution in [2.45, 2.75) is 25.6 Å². The first-order valence-corrected chi connectivity index (χ1v) is 6.78. The number of nitrogens with one attached hydrogen (secondary N) is 2. The van der Waals surface area contributed by atoms with Crippen LogP contribution >= 0.6 is 0 Å². The van der Waals surface area contributed by atoms with Gasteiger partial charge in [0.1, 0.15) is 12.6 Å². The largest absolute Gasteiger partial charge is 0.405 e. The van der Waals surface area contributed by atoms with E-state index in [1.807, 2.05) is 6.92 Å². The van der Waals surface area contributed by atoms with Crippen LogP contribution in [0.2, 0.25) is 0 Å². The van der Waals surface area contributed by atoms with E-state index in [9.17, 15) is 18.0 Å². The molecule has 1 atom stereocenters. The molecule has 0 saturated heterocycles. The van der Waals surface area contributed by atoms with Crippen molar-refractivity contribution < 1.29 is 18.0 Å². The molecule has 1 heterocycles. The molecule has 0 aliphatic carbocycles. The van der Waals surface area contributed by atoms with E-state index in [4.69, 9.17) is 0 Å². The maximum atomic E-state index is 12.4. The van der Waals surface area contributed by atoms with Crippen molar-refractivity contribution in [3.63, 3.8) is 0 Å². The van der Waals surface area contributed by atoms with Gasteiger partial charge in [-0.15, -0.1) is 0 Å². The molecule has 0 radical (unpaired) electrons. The predicted octanol–water partition coefficient (Wildman–Crippen LogP) is 2.68. The number of fused-ring (bicyclic) bond motifs is 1. The molecule has 21 heavy (non-hydrogen) atoms. The molecule has 116 valence electrons. The average Bonchev–Trinajstić information content (AvgIpc) is 2.69. The number of amides is 1. The molecule has 0 spiro atoms. The summed E-state index contributed by atoms with van der Waals surface area (Å²) in [6.45, 7) is 1.67. The Bertz CT molecular complexity index is 531. The summed E-state index contributed by atoms with van der Waals surface area (Å²) in [5.74, 6) is -0.172. The molecular formula is C14H18F3N3O. The number of hydrogen-bond acceptors (Lipinski definition) is 3. The minimum Gasteiger partial charge on any atom is -0.366 e. The number of benzene rings is 1. The summed E-state index contributed by atoms with van der Waals surface area (Å²) in [4.78, 5) is 13.0. The van der Waals surface area contributed by atoms with E-state index in [-0.39, 0.29) is 5.91 Å². The lowest BCUT2D eigenvalue weighted by Gasteiger charge is -2.21. The molecule has 1 aliphatic rings. The van der Waals surface area contributed by atoms with Crippen molar-refractivity contribution in [2.24, 2.45) is 0 Å². The summed E-state index contributed by atoms with van der Waals surface area (Å²) in [6.07, 6.45) is -3.37. The summed E-state index contributed by atoms with van der Waals surface area (Å²) in [5, 5.41) is 5.82. The van der Waals surface area contributed by atoms with Crippen LogP contribution < -0.4 is 15.5 Å². The highest BCUT2D eigenvalue weighted by Crippen LogP contribution is 2.34. The Morgan fingerprint density at radius 1 is 1.38 bits per heavy atom. The second kappa shape index (κ2) is 5.93. The van der Waals surface area contributed by atoms with Gasteiger partial charge in [-0.1, -0.05) is 13.0 Å². The van der Waals surface area contributed by atoms with Crippen LogP contribution in [0.5, 0.6) is 0 Å². The lowest BCUT2D eigenvalue weighted by Crippen LogP contribution is -2.30.